The summed E-state index contributed by atoms with van der Waals surface area (Å²) in [4.78, 5) is 2.36. The minimum atomic E-state index is -0.119. The lowest BCUT2D eigenvalue weighted by molar-refractivity contribution is 0.301. The van der Waals surface area contributed by atoms with Crippen molar-refractivity contribution in [2.75, 3.05) is 24.5 Å². The Hall–Kier alpha value is -1.09. The standard InChI is InChI=1S/C18H29FN2/c1-4-8-20-13-15-10-16(19)12-17(11-15)21-9-7-18(5-2,6-3)14-21/h10-12,20H,4-9,13-14H2,1-3H3. The van der Waals surface area contributed by atoms with E-state index in [-0.39, 0.29) is 5.82 Å². The van der Waals surface area contributed by atoms with Gasteiger partial charge in [0.2, 0.25) is 0 Å². The second kappa shape index (κ2) is 7.26. The predicted molar refractivity (Wildman–Crippen MR) is 88.2 cm³/mol. The molecule has 0 saturated carbocycles. The lowest BCUT2D eigenvalue weighted by Crippen LogP contribution is -2.26. The van der Waals surface area contributed by atoms with Crippen LogP contribution in [0, 0.1) is 11.2 Å². The molecule has 1 aromatic carbocycles. The summed E-state index contributed by atoms with van der Waals surface area (Å²) in [6, 6.07) is 5.48. The van der Waals surface area contributed by atoms with Crippen molar-refractivity contribution in [3.63, 3.8) is 0 Å². The molecule has 0 unspecified atom stereocenters. The van der Waals surface area contributed by atoms with Gasteiger partial charge in [0.25, 0.3) is 0 Å². The zero-order valence-corrected chi connectivity index (χ0v) is 13.7. The molecule has 1 heterocycles. The van der Waals surface area contributed by atoms with Crippen LogP contribution < -0.4 is 10.2 Å². The van der Waals surface area contributed by atoms with E-state index in [2.05, 4.69) is 37.1 Å². The van der Waals surface area contributed by atoms with E-state index in [1.807, 2.05) is 0 Å². The molecule has 1 fully saturated rings. The summed E-state index contributed by atoms with van der Waals surface area (Å²) >= 11 is 0. The minimum absolute atomic E-state index is 0.119. The number of hydrogen-bond acceptors (Lipinski definition) is 2. The second-order valence-electron chi connectivity index (χ2n) is 6.37. The number of nitrogens with zero attached hydrogens (tertiary/aromatic N) is 1. The molecule has 0 bridgehead atoms. The summed E-state index contributed by atoms with van der Waals surface area (Å²) in [6.07, 6.45) is 4.74. The molecular formula is C18H29FN2. The van der Waals surface area contributed by atoms with E-state index >= 15 is 0 Å². The Morgan fingerprint density at radius 2 is 1.95 bits per heavy atom. The summed E-state index contributed by atoms with van der Waals surface area (Å²) in [6.45, 7) is 10.5. The molecule has 1 aliphatic heterocycles. The Labute approximate surface area is 128 Å². The smallest absolute Gasteiger partial charge is 0.125 e. The Bertz CT molecular complexity index is 455. The Morgan fingerprint density at radius 1 is 1.19 bits per heavy atom. The van der Waals surface area contributed by atoms with Gasteiger partial charge < -0.3 is 10.2 Å². The number of halogens is 1. The van der Waals surface area contributed by atoms with Gasteiger partial charge in [0.15, 0.2) is 0 Å². The largest absolute Gasteiger partial charge is 0.371 e. The van der Waals surface area contributed by atoms with Crippen LogP contribution in [0.15, 0.2) is 18.2 Å². The fourth-order valence-corrected chi connectivity index (χ4v) is 3.31. The molecule has 1 aliphatic rings. The average molecular weight is 292 g/mol. The maximum absolute atomic E-state index is 13.9. The fourth-order valence-electron chi connectivity index (χ4n) is 3.31. The highest BCUT2D eigenvalue weighted by molar-refractivity contribution is 5.50. The molecular weight excluding hydrogens is 263 g/mol. The zero-order valence-electron chi connectivity index (χ0n) is 13.7. The van der Waals surface area contributed by atoms with Crippen LogP contribution in [0.1, 0.15) is 52.0 Å². The zero-order chi connectivity index (χ0) is 15.3. The van der Waals surface area contributed by atoms with Crippen molar-refractivity contribution in [1.82, 2.24) is 5.32 Å². The first-order chi connectivity index (χ1) is 10.1. The first kappa shape index (κ1) is 16.3. The Kier molecular flexibility index (Phi) is 5.63. The van der Waals surface area contributed by atoms with Crippen LogP contribution in [0.3, 0.4) is 0 Å². The van der Waals surface area contributed by atoms with Crippen molar-refractivity contribution in [2.45, 2.75) is 53.0 Å². The lowest BCUT2D eigenvalue weighted by atomic mass is 9.82. The first-order valence-corrected chi connectivity index (χ1v) is 8.37. The molecule has 0 radical (unpaired) electrons. The van der Waals surface area contributed by atoms with Gasteiger partial charge in [-0.3, -0.25) is 0 Å². The van der Waals surface area contributed by atoms with Gasteiger partial charge in [-0.05, 0) is 61.4 Å². The quantitative estimate of drug-likeness (QED) is 0.752. The number of benzene rings is 1. The highest BCUT2D eigenvalue weighted by Crippen LogP contribution is 2.39. The van der Waals surface area contributed by atoms with Crippen LogP contribution in [-0.2, 0) is 6.54 Å². The van der Waals surface area contributed by atoms with E-state index in [0.717, 1.165) is 43.9 Å². The molecule has 0 aliphatic carbocycles. The SMILES string of the molecule is CCCNCc1cc(F)cc(N2CCC(CC)(CC)C2)c1. The van der Waals surface area contributed by atoms with Crippen LogP contribution in [0.25, 0.3) is 0 Å². The van der Waals surface area contributed by atoms with Crippen LogP contribution in [0.2, 0.25) is 0 Å². The van der Waals surface area contributed by atoms with Crippen molar-refractivity contribution in [2.24, 2.45) is 5.41 Å². The maximum Gasteiger partial charge on any atom is 0.125 e. The van der Waals surface area contributed by atoms with Crippen molar-refractivity contribution >= 4 is 5.69 Å². The van der Waals surface area contributed by atoms with Gasteiger partial charge in [-0.1, -0.05) is 20.8 Å². The van der Waals surface area contributed by atoms with E-state index in [0.29, 0.717) is 5.41 Å². The van der Waals surface area contributed by atoms with Crippen molar-refractivity contribution in [3.8, 4) is 0 Å². The summed E-state index contributed by atoms with van der Waals surface area (Å²) < 4.78 is 13.9. The third-order valence-electron chi connectivity index (χ3n) is 5.00. The van der Waals surface area contributed by atoms with Crippen LogP contribution >= 0.6 is 0 Å². The van der Waals surface area contributed by atoms with E-state index in [1.165, 1.54) is 19.3 Å². The average Bonchev–Trinajstić information content (AvgIpc) is 2.92. The number of nitrogens with one attached hydrogen (secondary N) is 1. The van der Waals surface area contributed by atoms with Crippen LogP contribution in [0.4, 0.5) is 10.1 Å². The molecule has 118 valence electrons. The number of anilines is 1. The molecule has 1 saturated heterocycles. The van der Waals surface area contributed by atoms with E-state index in [9.17, 15) is 4.39 Å². The van der Waals surface area contributed by atoms with Gasteiger partial charge in [-0.2, -0.15) is 0 Å². The molecule has 0 spiro atoms. The molecule has 1 aromatic rings. The summed E-state index contributed by atoms with van der Waals surface area (Å²) in [7, 11) is 0. The van der Waals surface area contributed by atoms with Gasteiger partial charge in [0, 0.05) is 25.3 Å². The van der Waals surface area contributed by atoms with Crippen LogP contribution in [0.5, 0.6) is 0 Å². The van der Waals surface area contributed by atoms with Crippen molar-refractivity contribution < 1.29 is 4.39 Å². The second-order valence-corrected chi connectivity index (χ2v) is 6.37. The van der Waals surface area contributed by atoms with Crippen LogP contribution in [-0.4, -0.2) is 19.6 Å². The maximum atomic E-state index is 13.9. The van der Waals surface area contributed by atoms with Gasteiger partial charge in [0.05, 0.1) is 0 Å². The summed E-state index contributed by atoms with van der Waals surface area (Å²) in [5.74, 6) is -0.119. The minimum Gasteiger partial charge on any atom is -0.371 e. The van der Waals surface area contributed by atoms with Crippen molar-refractivity contribution in [1.29, 1.82) is 0 Å². The molecule has 0 amide bonds. The highest BCUT2D eigenvalue weighted by Gasteiger charge is 2.35. The molecule has 2 nitrogen and oxygen atoms in total. The normalized spacial score (nSPS) is 17.4. The first-order valence-electron chi connectivity index (χ1n) is 8.37. The predicted octanol–water partition coefficient (Wildman–Crippen LogP) is 4.34. The summed E-state index contributed by atoms with van der Waals surface area (Å²) in [5.41, 5.74) is 2.52. The van der Waals surface area contributed by atoms with Gasteiger partial charge in [-0.15, -0.1) is 0 Å². The molecule has 21 heavy (non-hydrogen) atoms. The third-order valence-corrected chi connectivity index (χ3v) is 5.00. The topological polar surface area (TPSA) is 15.3 Å². The molecule has 2 rings (SSSR count). The van der Waals surface area contributed by atoms with Crippen molar-refractivity contribution in [3.05, 3.63) is 29.6 Å². The fraction of sp³-hybridized carbons (Fsp3) is 0.667. The Balaban J connectivity index is 2.09. The van der Waals surface area contributed by atoms with E-state index < -0.39 is 0 Å². The van der Waals surface area contributed by atoms with E-state index in [4.69, 9.17) is 0 Å². The molecule has 3 heteroatoms. The summed E-state index contributed by atoms with van der Waals surface area (Å²) in [5, 5.41) is 3.35. The highest BCUT2D eigenvalue weighted by atomic mass is 19.1. The number of hydrogen-bond donors (Lipinski definition) is 1. The molecule has 0 aromatic heterocycles. The van der Waals surface area contributed by atoms with Gasteiger partial charge in [-0.25, -0.2) is 4.39 Å². The number of rotatable bonds is 7. The third kappa shape index (κ3) is 3.97. The molecule has 1 N–H and O–H groups in total. The molecule has 0 atom stereocenters. The lowest BCUT2D eigenvalue weighted by Gasteiger charge is -2.27. The van der Waals surface area contributed by atoms with E-state index in [1.54, 1.807) is 12.1 Å². The monoisotopic (exact) mass is 292 g/mol. The Morgan fingerprint density at radius 3 is 2.57 bits per heavy atom. The van der Waals surface area contributed by atoms with Gasteiger partial charge >= 0.3 is 0 Å². The van der Waals surface area contributed by atoms with Gasteiger partial charge in [0.1, 0.15) is 5.82 Å².